The molecule has 1 saturated heterocycles. The molecule has 1 atom stereocenters. The van der Waals surface area contributed by atoms with E-state index in [9.17, 15) is 9.59 Å². The van der Waals surface area contributed by atoms with E-state index in [0.717, 1.165) is 29.7 Å². The van der Waals surface area contributed by atoms with E-state index in [1.807, 2.05) is 17.0 Å². The van der Waals surface area contributed by atoms with E-state index < -0.39 is 0 Å². The molecule has 4 rings (SSSR count). The molecule has 2 heterocycles. The summed E-state index contributed by atoms with van der Waals surface area (Å²) in [4.78, 5) is 34.4. The molecular weight excluding hydrogens is 326 g/mol. The molecule has 1 aliphatic heterocycles. The van der Waals surface area contributed by atoms with E-state index >= 15 is 0 Å². The minimum atomic E-state index is -0.0392. The molecule has 1 N–H and O–H groups in total. The van der Waals surface area contributed by atoms with Crippen molar-refractivity contribution in [1.82, 2.24) is 14.9 Å². The maximum atomic E-state index is 13.0. The van der Waals surface area contributed by atoms with Crippen LogP contribution in [-0.2, 0) is 0 Å². The van der Waals surface area contributed by atoms with Gasteiger partial charge in [-0.2, -0.15) is 0 Å². The van der Waals surface area contributed by atoms with Gasteiger partial charge in [-0.1, -0.05) is 18.2 Å². The Morgan fingerprint density at radius 2 is 1.85 bits per heavy atom. The summed E-state index contributed by atoms with van der Waals surface area (Å²) in [5, 5.41) is 0. The maximum absolute atomic E-state index is 13.0. The number of aryl methyl sites for hydroxylation is 1. The molecule has 0 unspecified atom stereocenters. The Kier molecular flexibility index (Phi) is 4.07. The second-order valence-corrected chi connectivity index (χ2v) is 6.93. The molecule has 3 aromatic rings. The number of Topliss-reactive ketones (excluding diaryl/α,β-unsaturated/α-hetero) is 1. The molecule has 1 fully saturated rings. The fourth-order valence-corrected chi connectivity index (χ4v) is 3.61. The van der Waals surface area contributed by atoms with Gasteiger partial charge in [0.2, 0.25) is 0 Å². The van der Waals surface area contributed by atoms with Crippen LogP contribution in [0.2, 0.25) is 0 Å². The van der Waals surface area contributed by atoms with Crippen LogP contribution in [0.15, 0.2) is 42.5 Å². The normalized spacial score (nSPS) is 17.0. The highest BCUT2D eigenvalue weighted by Gasteiger charge is 2.32. The Balaban J connectivity index is 1.62. The SMILES string of the molecule is CC(=O)c1ccc(C(=O)N2CCC[C@@H]2c2nc3ccc(C)cc3[nH]2)cc1. The third-order valence-corrected chi connectivity index (χ3v) is 5.02. The van der Waals surface area contributed by atoms with Crippen LogP contribution in [0.5, 0.6) is 0 Å². The molecule has 1 aromatic heterocycles. The summed E-state index contributed by atoms with van der Waals surface area (Å²) in [5.74, 6) is 0.830. The molecule has 132 valence electrons. The molecule has 5 heteroatoms. The number of fused-ring (bicyclic) bond motifs is 1. The largest absolute Gasteiger partial charge is 0.340 e. The quantitative estimate of drug-likeness (QED) is 0.727. The predicted molar refractivity (Wildman–Crippen MR) is 100 cm³/mol. The lowest BCUT2D eigenvalue weighted by atomic mass is 10.1. The van der Waals surface area contributed by atoms with Crippen LogP contribution < -0.4 is 0 Å². The number of H-pyrrole nitrogens is 1. The van der Waals surface area contributed by atoms with Crippen LogP contribution in [0.4, 0.5) is 0 Å². The number of hydrogen-bond acceptors (Lipinski definition) is 3. The molecular formula is C21H21N3O2. The van der Waals surface area contributed by atoms with E-state index in [2.05, 4.69) is 18.0 Å². The van der Waals surface area contributed by atoms with Crippen molar-refractivity contribution in [3.8, 4) is 0 Å². The number of aromatic nitrogens is 2. The lowest BCUT2D eigenvalue weighted by molar-refractivity contribution is 0.0730. The van der Waals surface area contributed by atoms with Gasteiger partial charge in [0.1, 0.15) is 5.82 Å². The van der Waals surface area contributed by atoms with Crippen molar-refractivity contribution >= 4 is 22.7 Å². The molecule has 0 spiro atoms. The van der Waals surface area contributed by atoms with E-state index in [-0.39, 0.29) is 17.7 Å². The Hall–Kier alpha value is -2.95. The van der Waals surface area contributed by atoms with Crippen molar-refractivity contribution in [3.05, 3.63) is 65.0 Å². The average molecular weight is 347 g/mol. The number of carbonyl (C=O) groups excluding carboxylic acids is 2. The minimum Gasteiger partial charge on any atom is -0.340 e. The summed E-state index contributed by atoms with van der Waals surface area (Å²) in [6, 6.07) is 13.0. The zero-order chi connectivity index (χ0) is 18.3. The number of ketones is 1. The van der Waals surface area contributed by atoms with Crippen molar-refractivity contribution in [3.63, 3.8) is 0 Å². The molecule has 1 amide bonds. The molecule has 5 nitrogen and oxygen atoms in total. The number of aromatic amines is 1. The lowest BCUT2D eigenvalue weighted by Gasteiger charge is -2.23. The topological polar surface area (TPSA) is 66.1 Å². The molecule has 2 aromatic carbocycles. The van der Waals surface area contributed by atoms with Gasteiger partial charge in [-0.3, -0.25) is 9.59 Å². The highest BCUT2D eigenvalue weighted by molar-refractivity contribution is 5.98. The van der Waals surface area contributed by atoms with Crippen LogP contribution in [0, 0.1) is 6.92 Å². The first-order valence-corrected chi connectivity index (χ1v) is 8.91. The van der Waals surface area contributed by atoms with Gasteiger partial charge in [-0.15, -0.1) is 0 Å². The first-order valence-electron chi connectivity index (χ1n) is 8.91. The van der Waals surface area contributed by atoms with Gasteiger partial charge in [0, 0.05) is 17.7 Å². The van der Waals surface area contributed by atoms with E-state index in [1.165, 1.54) is 12.5 Å². The molecule has 0 radical (unpaired) electrons. The van der Waals surface area contributed by atoms with Crippen molar-refractivity contribution in [1.29, 1.82) is 0 Å². The van der Waals surface area contributed by atoms with Gasteiger partial charge in [0.15, 0.2) is 5.78 Å². The van der Waals surface area contributed by atoms with Crippen molar-refractivity contribution in [2.24, 2.45) is 0 Å². The summed E-state index contributed by atoms with van der Waals surface area (Å²) in [6.07, 6.45) is 1.86. The lowest BCUT2D eigenvalue weighted by Crippen LogP contribution is -2.31. The number of imidazole rings is 1. The predicted octanol–water partition coefficient (Wildman–Crippen LogP) is 4.05. The fraction of sp³-hybridized carbons (Fsp3) is 0.286. The first kappa shape index (κ1) is 16.5. The van der Waals surface area contributed by atoms with Gasteiger partial charge in [0.05, 0.1) is 17.1 Å². The highest BCUT2D eigenvalue weighted by Crippen LogP contribution is 2.32. The fourth-order valence-electron chi connectivity index (χ4n) is 3.61. The third-order valence-electron chi connectivity index (χ3n) is 5.02. The second kappa shape index (κ2) is 6.41. The summed E-state index contributed by atoms with van der Waals surface area (Å²) in [7, 11) is 0. The second-order valence-electron chi connectivity index (χ2n) is 6.93. The Morgan fingerprint density at radius 3 is 2.58 bits per heavy atom. The van der Waals surface area contributed by atoms with Gasteiger partial charge in [-0.25, -0.2) is 4.98 Å². The molecule has 0 saturated carbocycles. The summed E-state index contributed by atoms with van der Waals surface area (Å²) >= 11 is 0. The van der Waals surface area contributed by atoms with Gasteiger partial charge < -0.3 is 9.88 Å². The zero-order valence-corrected chi connectivity index (χ0v) is 15.0. The monoisotopic (exact) mass is 347 g/mol. The van der Waals surface area contributed by atoms with Crippen LogP contribution in [0.25, 0.3) is 11.0 Å². The summed E-state index contributed by atoms with van der Waals surface area (Å²) in [6.45, 7) is 4.29. The first-order chi connectivity index (χ1) is 12.5. The number of nitrogens with zero attached hydrogens (tertiary/aromatic N) is 2. The average Bonchev–Trinajstić information content (AvgIpc) is 3.27. The number of rotatable bonds is 3. The van der Waals surface area contributed by atoms with Gasteiger partial charge in [0.25, 0.3) is 5.91 Å². The van der Waals surface area contributed by atoms with Crippen molar-refractivity contribution in [2.75, 3.05) is 6.54 Å². The van der Waals surface area contributed by atoms with E-state index in [0.29, 0.717) is 17.7 Å². The number of benzene rings is 2. The smallest absolute Gasteiger partial charge is 0.254 e. The molecule has 0 aliphatic carbocycles. The zero-order valence-electron chi connectivity index (χ0n) is 15.0. The van der Waals surface area contributed by atoms with Gasteiger partial charge >= 0.3 is 0 Å². The minimum absolute atomic E-state index is 0.000571. The van der Waals surface area contributed by atoms with Gasteiger partial charge in [-0.05, 0) is 56.5 Å². The number of hydrogen-bond donors (Lipinski definition) is 1. The maximum Gasteiger partial charge on any atom is 0.254 e. The van der Waals surface area contributed by atoms with Crippen molar-refractivity contribution in [2.45, 2.75) is 32.7 Å². The number of nitrogens with one attached hydrogen (secondary N) is 1. The Bertz CT molecular complexity index is 988. The van der Waals surface area contributed by atoms with Crippen LogP contribution >= 0.6 is 0 Å². The Morgan fingerprint density at radius 1 is 1.12 bits per heavy atom. The summed E-state index contributed by atoms with van der Waals surface area (Å²) < 4.78 is 0. The number of likely N-dealkylation sites (tertiary alicyclic amines) is 1. The molecule has 0 bridgehead atoms. The standard InChI is InChI=1S/C21H21N3O2/c1-13-5-10-17-18(12-13)23-20(22-17)19-4-3-11-24(19)21(26)16-8-6-15(7-9-16)14(2)25/h5-10,12,19H,3-4,11H2,1-2H3,(H,22,23)/t19-/m1/s1. The third kappa shape index (κ3) is 2.90. The summed E-state index contributed by atoms with van der Waals surface area (Å²) in [5.41, 5.74) is 4.33. The van der Waals surface area contributed by atoms with Crippen LogP contribution in [-0.4, -0.2) is 33.1 Å². The van der Waals surface area contributed by atoms with E-state index in [1.54, 1.807) is 24.3 Å². The number of carbonyl (C=O) groups is 2. The molecule has 1 aliphatic rings. The number of amides is 1. The van der Waals surface area contributed by atoms with E-state index in [4.69, 9.17) is 4.98 Å². The van der Waals surface area contributed by atoms with Crippen LogP contribution in [0.1, 0.15) is 57.9 Å². The Labute approximate surface area is 152 Å². The van der Waals surface area contributed by atoms with Crippen molar-refractivity contribution < 1.29 is 9.59 Å². The highest BCUT2D eigenvalue weighted by atomic mass is 16.2. The molecule has 26 heavy (non-hydrogen) atoms. The van der Waals surface area contributed by atoms with Crippen LogP contribution in [0.3, 0.4) is 0 Å².